The number of ether oxygens (including phenoxy) is 1. The SMILES string of the molecule is COC(=O)CN1C(=O)S/C(=C\c2ccc(-c3cc(C(=O)O)cc(C(=O)O)c3)o2)C1=O. The van der Waals surface area contributed by atoms with Gasteiger partial charge in [-0.15, -0.1) is 0 Å². The Morgan fingerprint density at radius 3 is 2.30 bits per heavy atom. The standard InChI is InChI=1S/C19H13NO9S/c1-28-15(21)8-20-16(22)14(30-19(20)27)7-12-2-3-13(29-12)9-4-10(17(23)24)6-11(5-9)18(25)26/h2-7H,8H2,1H3,(H,23,24)(H,25,26)/b14-7-. The molecule has 1 aromatic carbocycles. The largest absolute Gasteiger partial charge is 0.478 e. The average molecular weight is 431 g/mol. The minimum Gasteiger partial charge on any atom is -0.478 e. The van der Waals surface area contributed by atoms with Gasteiger partial charge in [0.2, 0.25) is 0 Å². The molecule has 1 saturated heterocycles. The second-order valence-electron chi connectivity index (χ2n) is 5.96. The number of imide groups is 1. The van der Waals surface area contributed by atoms with Crippen molar-refractivity contribution in [2.24, 2.45) is 0 Å². The molecule has 11 heteroatoms. The first-order chi connectivity index (χ1) is 14.2. The fourth-order valence-electron chi connectivity index (χ4n) is 2.56. The molecule has 2 N–H and O–H groups in total. The molecule has 2 aromatic rings. The van der Waals surface area contributed by atoms with Crippen LogP contribution in [0.5, 0.6) is 0 Å². The van der Waals surface area contributed by atoms with Crippen LogP contribution in [0.25, 0.3) is 17.4 Å². The van der Waals surface area contributed by atoms with Gasteiger partial charge in [-0.25, -0.2) is 9.59 Å². The zero-order chi connectivity index (χ0) is 22.0. The molecule has 2 amide bonds. The predicted octanol–water partition coefficient (Wildman–Crippen LogP) is 2.55. The predicted molar refractivity (Wildman–Crippen MR) is 103 cm³/mol. The molecule has 0 radical (unpaired) electrons. The Labute approximate surface area is 172 Å². The number of carboxylic acid groups (broad SMARTS) is 2. The number of carbonyl (C=O) groups excluding carboxylic acids is 3. The highest BCUT2D eigenvalue weighted by Gasteiger charge is 2.36. The van der Waals surface area contributed by atoms with Gasteiger partial charge in [0.15, 0.2) is 0 Å². The summed E-state index contributed by atoms with van der Waals surface area (Å²) in [6.45, 7) is -0.512. The molecule has 1 aliphatic rings. The van der Waals surface area contributed by atoms with Crippen LogP contribution in [0.4, 0.5) is 4.79 Å². The van der Waals surface area contributed by atoms with Gasteiger partial charge in [0.1, 0.15) is 18.1 Å². The maximum atomic E-state index is 12.3. The van der Waals surface area contributed by atoms with E-state index in [1.807, 2.05) is 0 Å². The number of amides is 2. The van der Waals surface area contributed by atoms with E-state index in [2.05, 4.69) is 4.74 Å². The van der Waals surface area contributed by atoms with Crippen molar-refractivity contribution in [1.82, 2.24) is 4.90 Å². The van der Waals surface area contributed by atoms with Gasteiger partial charge < -0.3 is 19.4 Å². The number of rotatable bonds is 6. The summed E-state index contributed by atoms with van der Waals surface area (Å²) in [6.07, 6.45) is 1.30. The number of thioether (sulfide) groups is 1. The minimum absolute atomic E-state index is 0.0234. The van der Waals surface area contributed by atoms with E-state index in [1.54, 1.807) is 0 Å². The van der Waals surface area contributed by atoms with E-state index >= 15 is 0 Å². The van der Waals surface area contributed by atoms with Gasteiger partial charge in [-0.3, -0.25) is 19.3 Å². The van der Waals surface area contributed by atoms with Gasteiger partial charge in [0.25, 0.3) is 11.1 Å². The maximum absolute atomic E-state index is 12.3. The van der Waals surface area contributed by atoms with Crippen LogP contribution in [0.1, 0.15) is 26.5 Å². The Kier molecular flexibility index (Phi) is 5.74. The second-order valence-corrected chi connectivity index (χ2v) is 6.95. The van der Waals surface area contributed by atoms with Crippen LogP contribution in [-0.2, 0) is 14.3 Å². The molecule has 0 bridgehead atoms. The summed E-state index contributed by atoms with van der Waals surface area (Å²) < 4.78 is 10.0. The van der Waals surface area contributed by atoms with Crippen molar-refractivity contribution < 1.29 is 43.3 Å². The van der Waals surface area contributed by atoms with Crippen molar-refractivity contribution in [2.75, 3.05) is 13.7 Å². The molecule has 154 valence electrons. The Balaban J connectivity index is 1.90. The Hall–Kier alpha value is -3.86. The maximum Gasteiger partial charge on any atom is 0.335 e. The molecule has 0 atom stereocenters. The average Bonchev–Trinajstić information content (AvgIpc) is 3.28. The van der Waals surface area contributed by atoms with Crippen LogP contribution in [0.15, 0.2) is 39.7 Å². The molecular formula is C19H13NO9S. The minimum atomic E-state index is -1.30. The number of carbonyl (C=O) groups is 5. The number of furan rings is 1. The van der Waals surface area contributed by atoms with Crippen molar-refractivity contribution in [1.29, 1.82) is 0 Å². The smallest absolute Gasteiger partial charge is 0.335 e. The summed E-state index contributed by atoms with van der Waals surface area (Å²) in [5, 5.41) is 17.7. The monoisotopic (exact) mass is 431 g/mol. The van der Waals surface area contributed by atoms with Crippen LogP contribution in [0.3, 0.4) is 0 Å². The molecule has 30 heavy (non-hydrogen) atoms. The van der Waals surface area contributed by atoms with Crippen LogP contribution in [0, 0.1) is 0 Å². The zero-order valence-electron chi connectivity index (χ0n) is 15.3. The van der Waals surface area contributed by atoms with Crippen LogP contribution < -0.4 is 0 Å². The van der Waals surface area contributed by atoms with Crippen molar-refractivity contribution >= 4 is 46.9 Å². The van der Waals surface area contributed by atoms with Crippen molar-refractivity contribution in [2.45, 2.75) is 0 Å². The Bertz CT molecular complexity index is 1080. The number of esters is 1. The summed E-state index contributed by atoms with van der Waals surface area (Å²) in [5.41, 5.74) is -0.246. The third kappa shape index (κ3) is 4.25. The van der Waals surface area contributed by atoms with Crippen molar-refractivity contribution in [3.05, 3.63) is 52.1 Å². The fraction of sp³-hybridized carbons (Fsp3) is 0.105. The van der Waals surface area contributed by atoms with Crippen LogP contribution in [-0.4, -0.2) is 57.8 Å². The zero-order valence-corrected chi connectivity index (χ0v) is 16.1. The topological polar surface area (TPSA) is 151 Å². The van der Waals surface area contributed by atoms with Crippen molar-refractivity contribution in [3.8, 4) is 11.3 Å². The van der Waals surface area contributed by atoms with Gasteiger partial charge in [-0.1, -0.05) is 0 Å². The molecule has 0 aliphatic carbocycles. The summed E-state index contributed by atoms with van der Waals surface area (Å²) in [6, 6.07) is 6.47. The molecule has 0 saturated carbocycles. The lowest BCUT2D eigenvalue weighted by molar-refractivity contribution is -0.143. The van der Waals surface area contributed by atoms with Gasteiger partial charge in [0, 0.05) is 11.6 Å². The molecule has 0 unspecified atom stereocenters. The quantitative estimate of drug-likeness (QED) is 0.515. The molecule has 0 spiro atoms. The van der Waals surface area contributed by atoms with Gasteiger partial charge in [-0.2, -0.15) is 0 Å². The van der Waals surface area contributed by atoms with Crippen LogP contribution >= 0.6 is 11.8 Å². The van der Waals surface area contributed by atoms with E-state index in [-0.39, 0.29) is 33.1 Å². The molecule has 10 nitrogen and oxygen atoms in total. The first-order valence-corrected chi connectivity index (χ1v) is 9.05. The summed E-state index contributed by atoms with van der Waals surface area (Å²) >= 11 is 0.622. The fourth-order valence-corrected chi connectivity index (χ4v) is 3.38. The number of nitrogens with zero attached hydrogens (tertiary/aromatic N) is 1. The number of hydrogen-bond donors (Lipinski definition) is 2. The number of aromatic carboxylic acids is 2. The third-order valence-electron chi connectivity index (χ3n) is 4.00. The number of hydrogen-bond acceptors (Lipinski definition) is 8. The lowest BCUT2D eigenvalue weighted by Gasteiger charge is -2.09. The molecule has 1 aliphatic heterocycles. The highest BCUT2D eigenvalue weighted by molar-refractivity contribution is 8.18. The molecule has 3 rings (SSSR count). The summed E-state index contributed by atoms with van der Waals surface area (Å²) in [7, 11) is 1.14. The summed E-state index contributed by atoms with van der Waals surface area (Å²) in [5.74, 6) is -3.69. The number of carboxylic acids is 2. The van der Waals surface area contributed by atoms with Gasteiger partial charge >= 0.3 is 17.9 Å². The first-order valence-electron chi connectivity index (χ1n) is 8.23. The molecule has 1 aromatic heterocycles. The van der Waals surface area contributed by atoms with E-state index in [9.17, 15) is 34.2 Å². The number of benzene rings is 1. The van der Waals surface area contributed by atoms with E-state index < -0.39 is 35.6 Å². The van der Waals surface area contributed by atoms with Gasteiger partial charge in [0.05, 0.1) is 23.1 Å². The van der Waals surface area contributed by atoms with Crippen LogP contribution in [0.2, 0.25) is 0 Å². The lowest BCUT2D eigenvalue weighted by Crippen LogP contribution is -2.34. The highest BCUT2D eigenvalue weighted by Crippen LogP contribution is 2.33. The molecular weight excluding hydrogens is 418 g/mol. The van der Waals surface area contributed by atoms with Crippen molar-refractivity contribution in [3.63, 3.8) is 0 Å². The highest BCUT2D eigenvalue weighted by atomic mass is 32.2. The normalized spacial score (nSPS) is 15.0. The van der Waals surface area contributed by atoms with E-state index in [0.717, 1.165) is 18.1 Å². The third-order valence-corrected chi connectivity index (χ3v) is 4.91. The van der Waals surface area contributed by atoms with E-state index in [1.165, 1.54) is 30.3 Å². The Morgan fingerprint density at radius 2 is 1.73 bits per heavy atom. The second kappa shape index (κ2) is 8.25. The van der Waals surface area contributed by atoms with E-state index in [4.69, 9.17) is 4.42 Å². The molecule has 2 heterocycles. The van der Waals surface area contributed by atoms with E-state index in [0.29, 0.717) is 11.8 Å². The van der Waals surface area contributed by atoms with Gasteiger partial charge in [-0.05, 0) is 42.1 Å². The Morgan fingerprint density at radius 1 is 1.10 bits per heavy atom. The first kappa shape index (κ1) is 20.9. The summed E-state index contributed by atoms with van der Waals surface area (Å²) in [4.78, 5) is 58.9. The lowest BCUT2D eigenvalue weighted by atomic mass is 10.0. The molecule has 1 fully saturated rings. The number of methoxy groups -OCH3 is 1.